The number of fused-ring (bicyclic) bond motifs is 1. The molecule has 2 amide bonds. The van der Waals surface area contributed by atoms with Crippen molar-refractivity contribution in [1.82, 2.24) is 10.2 Å². The second-order valence-corrected chi connectivity index (χ2v) is 7.97. The van der Waals surface area contributed by atoms with Gasteiger partial charge in [0, 0.05) is 47.8 Å². The minimum atomic E-state index is -0.933. The van der Waals surface area contributed by atoms with Crippen LogP contribution in [0, 0.1) is 5.92 Å². The number of amides is 2. The summed E-state index contributed by atoms with van der Waals surface area (Å²) in [5.74, 6) is -0.499. The highest BCUT2D eigenvalue weighted by Gasteiger charge is 2.46. The Kier molecular flexibility index (Phi) is 5.08. The zero-order valence-electron chi connectivity index (χ0n) is 14.9. The lowest BCUT2D eigenvalue weighted by atomic mass is 9.91. The molecule has 2 saturated heterocycles. The van der Waals surface area contributed by atoms with Gasteiger partial charge in [-0.05, 0) is 42.0 Å². The van der Waals surface area contributed by atoms with Crippen molar-refractivity contribution in [2.24, 2.45) is 5.92 Å². The quantitative estimate of drug-likeness (QED) is 0.791. The molecule has 0 bridgehead atoms. The Morgan fingerprint density at radius 3 is 2.50 bits per heavy atom. The van der Waals surface area contributed by atoms with Gasteiger partial charge in [0.05, 0.1) is 11.6 Å². The Morgan fingerprint density at radius 2 is 1.82 bits per heavy atom. The first-order chi connectivity index (χ1) is 13.4. The molecule has 2 N–H and O–H groups in total. The second kappa shape index (κ2) is 7.53. The van der Waals surface area contributed by atoms with Crippen molar-refractivity contribution in [1.29, 1.82) is 0 Å². The molecule has 0 saturated carbocycles. The Bertz CT molecular complexity index is 919. The molecule has 6 nitrogen and oxygen atoms in total. The smallest absolute Gasteiger partial charge is 0.335 e. The highest BCUT2D eigenvalue weighted by atomic mass is 35.5. The fourth-order valence-corrected chi connectivity index (χ4v) is 4.32. The predicted octanol–water partition coefficient (Wildman–Crippen LogP) is 3.72. The largest absolute Gasteiger partial charge is 0.478 e. The molecule has 0 aliphatic carbocycles. The third-order valence-electron chi connectivity index (χ3n) is 5.42. The number of carboxylic acid groups (broad SMARTS) is 1. The maximum Gasteiger partial charge on any atom is 0.335 e. The van der Waals surface area contributed by atoms with Crippen LogP contribution < -0.4 is 10.2 Å². The lowest BCUT2D eigenvalue weighted by molar-refractivity contribution is 0.0697. The normalized spacial score (nSPS) is 20.5. The highest BCUT2D eigenvalue weighted by molar-refractivity contribution is 6.35. The Morgan fingerprint density at radius 1 is 1.07 bits per heavy atom. The van der Waals surface area contributed by atoms with Gasteiger partial charge in [0.25, 0.3) is 0 Å². The van der Waals surface area contributed by atoms with E-state index in [1.165, 1.54) is 0 Å². The van der Waals surface area contributed by atoms with Gasteiger partial charge < -0.3 is 20.2 Å². The van der Waals surface area contributed by atoms with E-state index in [0.29, 0.717) is 35.6 Å². The molecule has 2 fully saturated rings. The molecule has 28 heavy (non-hydrogen) atoms. The van der Waals surface area contributed by atoms with Gasteiger partial charge in [-0.25, -0.2) is 9.59 Å². The first-order valence-corrected chi connectivity index (χ1v) is 9.74. The maximum atomic E-state index is 12.5. The zero-order chi connectivity index (χ0) is 19.8. The molecule has 2 heterocycles. The van der Waals surface area contributed by atoms with Gasteiger partial charge in [0.1, 0.15) is 0 Å². The summed E-state index contributed by atoms with van der Waals surface area (Å²) in [5.41, 5.74) is 2.08. The SMILES string of the molecule is O=C(O)c1ccc(N2CC3CN(C(=O)NCc4ccc(Cl)cc4Cl)CC32)cc1. The summed E-state index contributed by atoms with van der Waals surface area (Å²) in [6.07, 6.45) is 0. The topological polar surface area (TPSA) is 72.9 Å². The van der Waals surface area contributed by atoms with Crippen molar-refractivity contribution < 1.29 is 14.7 Å². The molecular weight excluding hydrogens is 401 g/mol. The summed E-state index contributed by atoms with van der Waals surface area (Å²) in [7, 11) is 0. The number of carbonyl (C=O) groups is 2. The van der Waals surface area contributed by atoms with Gasteiger partial charge in [0.15, 0.2) is 0 Å². The van der Waals surface area contributed by atoms with E-state index in [1.54, 1.807) is 30.3 Å². The number of rotatable bonds is 4. The predicted molar refractivity (Wildman–Crippen MR) is 108 cm³/mol. The van der Waals surface area contributed by atoms with Crippen LogP contribution in [0.1, 0.15) is 15.9 Å². The number of anilines is 1. The van der Waals surface area contributed by atoms with Crippen LogP contribution in [0.4, 0.5) is 10.5 Å². The van der Waals surface area contributed by atoms with Crippen LogP contribution in [0.15, 0.2) is 42.5 Å². The van der Waals surface area contributed by atoms with Crippen molar-refractivity contribution in [3.8, 4) is 0 Å². The number of carbonyl (C=O) groups excluding carboxylic acids is 1. The van der Waals surface area contributed by atoms with Crippen molar-refractivity contribution in [2.45, 2.75) is 12.6 Å². The van der Waals surface area contributed by atoms with Crippen LogP contribution in [-0.2, 0) is 6.54 Å². The van der Waals surface area contributed by atoms with Gasteiger partial charge >= 0.3 is 12.0 Å². The van der Waals surface area contributed by atoms with Crippen molar-refractivity contribution in [2.75, 3.05) is 24.5 Å². The number of nitrogens with zero attached hydrogens (tertiary/aromatic N) is 2. The van der Waals surface area contributed by atoms with Gasteiger partial charge in [-0.2, -0.15) is 0 Å². The lowest BCUT2D eigenvalue weighted by Gasteiger charge is -2.45. The van der Waals surface area contributed by atoms with Crippen molar-refractivity contribution in [3.05, 3.63) is 63.6 Å². The van der Waals surface area contributed by atoms with Crippen LogP contribution in [-0.4, -0.2) is 47.7 Å². The second-order valence-electron chi connectivity index (χ2n) is 7.13. The average Bonchev–Trinajstić information content (AvgIpc) is 2.98. The molecule has 2 aromatic rings. The Labute approximate surface area is 172 Å². The molecule has 2 atom stereocenters. The Balaban J connectivity index is 1.33. The number of benzene rings is 2. The van der Waals surface area contributed by atoms with Gasteiger partial charge in [0.2, 0.25) is 0 Å². The van der Waals surface area contributed by atoms with Crippen LogP contribution in [0.3, 0.4) is 0 Å². The van der Waals surface area contributed by atoms with E-state index in [2.05, 4.69) is 10.2 Å². The van der Waals surface area contributed by atoms with Crippen LogP contribution >= 0.6 is 23.2 Å². The van der Waals surface area contributed by atoms with Gasteiger partial charge in [-0.1, -0.05) is 29.3 Å². The third kappa shape index (κ3) is 3.62. The van der Waals surface area contributed by atoms with E-state index in [4.69, 9.17) is 28.3 Å². The van der Waals surface area contributed by atoms with Crippen LogP contribution in [0.5, 0.6) is 0 Å². The highest BCUT2D eigenvalue weighted by Crippen LogP contribution is 2.36. The number of carboxylic acids is 1. The fraction of sp³-hybridized carbons (Fsp3) is 0.300. The number of aromatic carboxylic acids is 1. The molecule has 2 aliphatic rings. The first-order valence-electron chi connectivity index (χ1n) is 8.99. The number of halogens is 2. The summed E-state index contributed by atoms with van der Waals surface area (Å²) < 4.78 is 0. The first kappa shape index (κ1) is 18.9. The summed E-state index contributed by atoms with van der Waals surface area (Å²) in [6, 6.07) is 12.2. The van der Waals surface area contributed by atoms with Crippen LogP contribution in [0.2, 0.25) is 10.0 Å². The molecular formula is C20H19Cl2N3O3. The van der Waals surface area contributed by atoms with Crippen molar-refractivity contribution in [3.63, 3.8) is 0 Å². The van der Waals surface area contributed by atoms with E-state index >= 15 is 0 Å². The molecule has 0 aromatic heterocycles. The number of urea groups is 1. The summed E-state index contributed by atoms with van der Waals surface area (Å²) in [4.78, 5) is 27.6. The zero-order valence-corrected chi connectivity index (χ0v) is 16.5. The van der Waals surface area contributed by atoms with Crippen molar-refractivity contribution >= 4 is 40.9 Å². The fourth-order valence-electron chi connectivity index (χ4n) is 3.84. The van der Waals surface area contributed by atoms with E-state index in [-0.39, 0.29) is 17.6 Å². The minimum absolute atomic E-state index is 0.110. The standard InChI is InChI=1S/C20H19Cl2N3O3/c21-15-4-1-13(17(22)7-15)8-23-20(28)24-9-14-10-25(18(14)11-24)16-5-2-12(3-6-16)19(26)27/h1-7,14,18H,8-11H2,(H,23,28)(H,26,27). The van der Waals surface area contributed by atoms with E-state index in [0.717, 1.165) is 17.8 Å². The molecule has 2 aromatic carbocycles. The van der Waals surface area contributed by atoms with Gasteiger partial charge in [-0.15, -0.1) is 0 Å². The molecule has 146 valence electrons. The number of hydrogen-bond acceptors (Lipinski definition) is 3. The van der Waals surface area contributed by atoms with E-state index in [1.807, 2.05) is 17.0 Å². The summed E-state index contributed by atoms with van der Waals surface area (Å²) in [6.45, 7) is 2.57. The lowest BCUT2D eigenvalue weighted by Crippen LogP contribution is -2.55. The monoisotopic (exact) mass is 419 g/mol. The molecule has 2 unspecified atom stereocenters. The number of nitrogens with one attached hydrogen (secondary N) is 1. The third-order valence-corrected chi connectivity index (χ3v) is 6.00. The number of likely N-dealkylation sites (tertiary alicyclic amines) is 1. The Hall–Kier alpha value is -2.44. The minimum Gasteiger partial charge on any atom is -0.478 e. The molecule has 4 rings (SSSR count). The van der Waals surface area contributed by atoms with Gasteiger partial charge in [-0.3, -0.25) is 0 Å². The van der Waals surface area contributed by atoms with Crippen LogP contribution in [0.25, 0.3) is 0 Å². The van der Waals surface area contributed by atoms with E-state index in [9.17, 15) is 9.59 Å². The molecule has 0 spiro atoms. The summed E-state index contributed by atoms with van der Waals surface area (Å²) in [5, 5.41) is 13.0. The molecule has 2 aliphatic heterocycles. The average molecular weight is 420 g/mol. The molecule has 0 radical (unpaired) electrons. The number of hydrogen-bond donors (Lipinski definition) is 2. The summed E-state index contributed by atoms with van der Waals surface area (Å²) >= 11 is 12.1. The molecule has 8 heteroatoms. The maximum absolute atomic E-state index is 12.5. The van der Waals surface area contributed by atoms with E-state index < -0.39 is 5.97 Å².